The van der Waals surface area contributed by atoms with Crippen molar-refractivity contribution in [1.82, 2.24) is 0 Å². The van der Waals surface area contributed by atoms with Gasteiger partial charge in [0.2, 0.25) is 0 Å². The fourth-order valence-electron chi connectivity index (χ4n) is 7.30. The van der Waals surface area contributed by atoms with Crippen LogP contribution in [0.1, 0.15) is 265 Å². The van der Waals surface area contributed by atoms with Crippen molar-refractivity contribution in [2.75, 3.05) is 13.2 Å². The van der Waals surface area contributed by atoms with E-state index in [1.165, 1.54) is 122 Å². The predicted molar refractivity (Wildman–Crippen MR) is 261 cm³/mol. The molecule has 0 bridgehead atoms. The van der Waals surface area contributed by atoms with Gasteiger partial charge in [-0.2, -0.15) is 0 Å². The Kier molecular flexibility index (Phi) is 47.9. The largest absolute Gasteiger partial charge is 0.462 e. The molecule has 0 saturated carbocycles. The Morgan fingerprint density at radius 3 is 0.951 bits per heavy atom. The molecule has 0 saturated heterocycles. The van der Waals surface area contributed by atoms with Gasteiger partial charge in [0.1, 0.15) is 13.2 Å². The lowest BCUT2D eigenvalue weighted by Gasteiger charge is -2.18. The number of allylic oxidation sites excluding steroid dienone is 8. The van der Waals surface area contributed by atoms with Crippen molar-refractivity contribution in [2.45, 2.75) is 271 Å². The predicted octanol–water partition coefficient (Wildman–Crippen LogP) is 17.1. The highest BCUT2D eigenvalue weighted by Crippen LogP contribution is 2.15. The van der Waals surface area contributed by atoms with E-state index in [0.29, 0.717) is 19.3 Å². The molecule has 61 heavy (non-hydrogen) atoms. The minimum absolute atomic E-state index is 0.0811. The summed E-state index contributed by atoms with van der Waals surface area (Å²) in [6.45, 7) is 6.55. The van der Waals surface area contributed by atoms with Crippen LogP contribution in [0.3, 0.4) is 0 Å². The first-order valence-corrected chi connectivity index (χ1v) is 26.1. The molecule has 6 nitrogen and oxygen atoms in total. The zero-order valence-corrected chi connectivity index (χ0v) is 40.4. The van der Waals surface area contributed by atoms with E-state index in [9.17, 15) is 14.4 Å². The van der Waals surface area contributed by atoms with Gasteiger partial charge in [0.25, 0.3) is 0 Å². The molecule has 0 aromatic heterocycles. The van der Waals surface area contributed by atoms with Crippen molar-refractivity contribution in [3.8, 4) is 0 Å². The molecule has 0 aromatic rings. The van der Waals surface area contributed by atoms with Crippen LogP contribution in [0.4, 0.5) is 0 Å². The van der Waals surface area contributed by atoms with Gasteiger partial charge in [-0.1, -0.05) is 223 Å². The Bertz CT molecular complexity index is 1070. The van der Waals surface area contributed by atoms with E-state index in [-0.39, 0.29) is 31.1 Å². The molecule has 354 valence electrons. The van der Waals surface area contributed by atoms with E-state index in [1.807, 2.05) is 0 Å². The zero-order chi connectivity index (χ0) is 44.4. The summed E-state index contributed by atoms with van der Waals surface area (Å²) in [5.74, 6) is -0.902. The average molecular weight is 855 g/mol. The molecule has 1 unspecified atom stereocenters. The molecule has 0 aliphatic rings. The first-order chi connectivity index (χ1) is 30.0. The summed E-state index contributed by atoms with van der Waals surface area (Å²) in [6, 6.07) is 0. The molecule has 0 N–H and O–H groups in total. The number of rotatable bonds is 47. The van der Waals surface area contributed by atoms with Crippen LogP contribution in [0.5, 0.6) is 0 Å². The van der Waals surface area contributed by atoms with Gasteiger partial charge in [0.05, 0.1) is 0 Å². The van der Waals surface area contributed by atoms with Crippen LogP contribution >= 0.6 is 0 Å². The SMILES string of the molecule is CCCC/C=C\C/C=C\CCCCCCCC(=O)OCC(COC(=O)CCCCCCCCCCCCCCCCC)OC(=O)CCCCCCC/C=C\C/C=C\CCCC. The highest BCUT2D eigenvalue weighted by atomic mass is 16.6. The van der Waals surface area contributed by atoms with Gasteiger partial charge in [-0.25, -0.2) is 0 Å². The second-order valence-electron chi connectivity index (χ2n) is 17.4. The van der Waals surface area contributed by atoms with Crippen LogP contribution in [0.2, 0.25) is 0 Å². The minimum atomic E-state index is -0.783. The summed E-state index contributed by atoms with van der Waals surface area (Å²) in [6.07, 6.45) is 59.4. The minimum Gasteiger partial charge on any atom is -0.462 e. The molecule has 0 radical (unpaired) electrons. The lowest BCUT2D eigenvalue weighted by Crippen LogP contribution is -2.30. The summed E-state index contributed by atoms with van der Waals surface area (Å²) in [5.41, 5.74) is 0. The second-order valence-corrected chi connectivity index (χ2v) is 17.4. The molecular weight excluding hydrogens is 757 g/mol. The first kappa shape index (κ1) is 58.4. The van der Waals surface area contributed by atoms with Gasteiger partial charge in [0.15, 0.2) is 6.10 Å². The van der Waals surface area contributed by atoms with Gasteiger partial charge in [-0.3, -0.25) is 14.4 Å². The van der Waals surface area contributed by atoms with E-state index in [0.717, 1.165) is 103 Å². The molecule has 0 rings (SSSR count). The second kappa shape index (κ2) is 50.0. The van der Waals surface area contributed by atoms with Crippen LogP contribution in [0, 0.1) is 0 Å². The van der Waals surface area contributed by atoms with E-state index >= 15 is 0 Å². The molecule has 0 aromatic carbocycles. The third kappa shape index (κ3) is 48.3. The summed E-state index contributed by atoms with van der Waals surface area (Å²) >= 11 is 0. The molecule has 6 heteroatoms. The fraction of sp³-hybridized carbons (Fsp3) is 0.800. The summed E-state index contributed by atoms with van der Waals surface area (Å²) in [4.78, 5) is 38.0. The highest BCUT2D eigenvalue weighted by Gasteiger charge is 2.19. The first-order valence-electron chi connectivity index (χ1n) is 26.1. The van der Waals surface area contributed by atoms with Crippen LogP contribution in [0.25, 0.3) is 0 Å². The van der Waals surface area contributed by atoms with Crippen LogP contribution in [-0.4, -0.2) is 37.2 Å². The molecule has 0 amide bonds. The topological polar surface area (TPSA) is 78.9 Å². The monoisotopic (exact) mass is 855 g/mol. The normalized spacial score (nSPS) is 12.4. The van der Waals surface area contributed by atoms with Crippen molar-refractivity contribution < 1.29 is 28.6 Å². The average Bonchev–Trinajstić information content (AvgIpc) is 3.26. The van der Waals surface area contributed by atoms with Crippen LogP contribution < -0.4 is 0 Å². The number of unbranched alkanes of at least 4 members (excludes halogenated alkanes) is 28. The van der Waals surface area contributed by atoms with Crippen molar-refractivity contribution in [3.05, 3.63) is 48.6 Å². The Morgan fingerprint density at radius 2 is 0.607 bits per heavy atom. The lowest BCUT2D eigenvalue weighted by molar-refractivity contribution is -0.167. The summed E-state index contributed by atoms with van der Waals surface area (Å²) < 4.78 is 16.8. The molecule has 0 heterocycles. The Morgan fingerprint density at radius 1 is 0.328 bits per heavy atom. The molecule has 0 spiro atoms. The Balaban J connectivity index is 4.40. The molecule has 0 aliphatic carbocycles. The maximum absolute atomic E-state index is 12.8. The van der Waals surface area contributed by atoms with E-state index < -0.39 is 6.10 Å². The van der Waals surface area contributed by atoms with Gasteiger partial charge >= 0.3 is 17.9 Å². The smallest absolute Gasteiger partial charge is 0.306 e. The number of esters is 3. The highest BCUT2D eigenvalue weighted by molar-refractivity contribution is 5.71. The quantitative estimate of drug-likeness (QED) is 0.0263. The van der Waals surface area contributed by atoms with Gasteiger partial charge in [-0.05, 0) is 70.6 Å². The van der Waals surface area contributed by atoms with Crippen molar-refractivity contribution in [1.29, 1.82) is 0 Å². The van der Waals surface area contributed by atoms with Crippen LogP contribution in [0.15, 0.2) is 48.6 Å². The van der Waals surface area contributed by atoms with E-state index in [2.05, 4.69) is 69.4 Å². The lowest BCUT2D eigenvalue weighted by atomic mass is 10.0. The number of hydrogen-bond acceptors (Lipinski definition) is 6. The Hall–Kier alpha value is -2.63. The van der Waals surface area contributed by atoms with E-state index in [4.69, 9.17) is 14.2 Å². The maximum atomic E-state index is 12.8. The molecular formula is C55H98O6. The van der Waals surface area contributed by atoms with Gasteiger partial charge in [0, 0.05) is 19.3 Å². The van der Waals surface area contributed by atoms with Crippen LogP contribution in [-0.2, 0) is 28.6 Å². The fourth-order valence-corrected chi connectivity index (χ4v) is 7.30. The third-order valence-electron chi connectivity index (χ3n) is 11.3. The van der Waals surface area contributed by atoms with Gasteiger partial charge < -0.3 is 14.2 Å². The van der Waals surface area contributed by atoms with Crippen molar-refractivity contribution >= 4 is 17.9 Å². The number of ether oxygens (including phenoxy) is 3. The Labute approximate surface area is 378 Å². The number of hydrogen-bond donors (Lipinski definition) is 0. The third-order valence-corrected chi connectivity index (χ3v) is 11.3. The zero-order valence-electron chi connectivity index (χ0n) is 40.4. The molecule has 0 aliphatic heterocycles. The molecule has 1 atom stereocenters. The maximum Gasteiger partial charge on any atom is 0.306 e. The van der Waals surface area contributed by atoms with E-state index in [1.54, 1.807) is 0 Å². The number of carbonyl (C=O) groups is 3. The van der Waals surface area contributed by atoms with Gasteiger partial charge in [-0.15, -0.1) is 0 Å². The standard InChI is InChI=1S/C55H98O6/c1-4-7-10-13-16-19-22-25-28-31-33-36-39-42-45-48-54(57)60-51-52(61-55(58)49-46-43-40-37-34-30-27-24-21-18-15-12-9-6-3)50-59-53(56)47-44-41-38-35-32-29-26-23-20-17-14-11-8-5-2/h14-15,17-18,23-24,26-27,52H,4-13,16,19-22,25,28-51H2,1-3H3/b17-14-,18-15-,26-23-,27-24-. The number of carbonyl (C=O) groups excluding carboxylic acids is 3. The summed E-state index contributed by atoms with van der Waals surface area (Å²) in [5, 5.41) is 0. The summed E-state index contributed by atoms with van der Waals surface area (Å²) in [7, 11) is 0. The van der Waals surface area contributed by atoms with Crippen molar-refractivity contribution in [3.63, 3.8) is 0 Å². The van der Waals surface area contributed by atoms with Crippen molar-refractivity contribution in [2.24, 2.45) is 0 Å². The molecule has 0 fully saturated rings.